The van der Waals surface area contributed by atoms with Crippen LogP contribution in [0.15, 0.2) is 35.3 Å². The molecule has 0 atom stereocenters. The molecule has 0 saturated carbocycles. The van der Waals surface area contributed by atoms with E-state index in [1.165, 1.54) is 20.2 Å². The molecule has 0 aliphatic heterocycles. The lowest BCUT2D eigenvalue weighted by atomic mass is 10.2. The first-order valence-electron chi connectivity index (χ1n) is 6.13. The van der Waals surface area contributed by atoms with Gasteiger partial charge in [-0.1, -0.05) is 0 Å². The molecule has 0 spiro atoms. The number of hydrogen-bond acceptors (Lipinski definition) is 4. The molecule has 21 heavy (non-hydrogen) atoms. The molecule has 2 N–H and O–H groups in total. The summed E-state index contributed by atoms with van der Waals surface area (Å²) in [5, 5.41) is 1.43. The number of aromatic nitrogens is 2. The van der Waals surface area contributed by atoms with E-state index in [9.17, 15) is 13.2 Å². The van der Waals surface area contributed by atoms with Crippen LogP contribution in [-0.4, -0.2) is 36.8 Å². The number of aromatic amines is 2. The molecule has 110 valence electrons. The average molecular weight is 307 g/mol. The van der Waals surface area contributed by atoms with Crippen molar-refractivity contribution < 1.29 is 12.6 Å². The highest BCUT2D eigenvalue weighted by Crippen LogP contribution is 2.27. The van der Waals surface area contributed by atoms with E-state index in [0.29, 0.717) is 10.9 Å². The predicted octanol–water partition coefficient (Wildman–Crippen LogP) is 1.19. The van der Waals surface area contributed by atoms with Crippen LogP contribution < -0.4 is 9.74 Å². The molecule has 3 aromatic rings. The van der Waals surface area contributed by atoms with Crippen molar-refractivity contribution in [1.29, 1.82) is 0 Å². The van der Waals surface area contributed by atoms with E-state index in [2.05, 4.69) is 9.97 Å². The molecule has 0 bridgehead atoms. The maximum Gasteiger partial charge on any atom is 0.384 e. The summed E-state index contributed by atoms with van der Waals surface area (Å²) in [6, 6.07) is 6.55. The Morgan fingerprint density at radius 1 is 1.14 bits per heavy atom. The van der Waals surface area contributed by atoms with Gasteiger partial charge in [0.25, 0.3) is 5.56 Å². The summed E-state index contributed by atoms with van der Waals surface area (Å²) in [6.07, 6.45) is 1.54. The smallest absolute Gasteiger partial charge is 0.371 e. The van der Waals surface area contributed by atoms with E-state index < -0.39 is 10.3 Å². The number of fused-ring (bicyclic) bond motifs is 3. The molecule has 0 radical (unpaired) electrons. The van der Waals surface area contributed by atoms with Gasteiger partial charge in [-0.15, -0.1) is 0 Å². The van der Waals surface area contributed by atoms with Gasteiger partial charge in [0, 0.05) is 36.6 Å². The largest absolute Gasteiger partial charge is 0.384 e. The van der Waals surface area contributed by atoms with Crippen LogP contribution in [0, 0.1) is 0 Å². The fraction of sp³-hybridized carbons (Fsp3) is 0.154. The van der Waals surface area contributed by atoms with Crippen molar-refractivity contribution in [2.45, 2.75) is 0 Å². The summed E-state index contributed by atoms with van der Waals surface area (Å²) in [7, 11) is -1.03. The van der Waals surface area contributed by atoms with Crippen molar-refractivity contribution in [3.05, 3.63) is 40.8 Å². The Morgan fingerprint density at radius 3 is 2.62 bits per heavy atom. The average Bonchev–Trinajstić information content (AvgIpc) is 2.78. The zero-order valence-corrected chi connectivity index (χ0v) is 12.2. The van der Waals surface area contributed by atoms with Gasteiger partial charge in [0.1, 0.15) is 11.3 Å². The highest BCUT2D eigenvalue weighted by Gasteiger charge is 2.16. The Balaban J connectivity index is 2.18. The van der Waals surface area contributed by atoms with Crippen LogP contribution in [-0.2, 0) is 10.3 Å². The number of nitrogens with zero attached hydrogens (tertiary/aromatic N) is 1. The fourth-order valence-electron chi connectivity index (χ4n) is 2.06. The third kappa shape index (κ3) is 2.28. The SMILES string of the molecule is CN(C)S(=O)(=O)Oc1ccc2[nH]c3c(=O)[nH]ccc3c2c1. The second kappa shape index (κ2) is 4.61. The zero-order valence-electron chi connectivity index (χ0n) is 11.4. The molecule has 3 rings (SSSR count). The summed E-state index contributed by atoms with van der Waals surface area (Å²) < 4.78 is 29.5. The first-order chi connectivity index (χ1) is 9.88. The minimum absolute atomic E-state index is 0.192. The Labute approximate surface area is 120 Å². The van der Waals surface area contributed by atoms with E-state index in [1.807, 2.05) is 0 Å². The number of rotatable bonds is 3. The lowest BCUT2D eigenvalue weighted by Gasteiger charge is -2.11. The fourth-order valence-corrected chi connectivity index (χ4v) is 2.56. The van der Waals surface area contributed by atoms with E-state index >= 15 is 0 Å². The first kappa shape index (κ1) is 13.7. The molecule has 1 aromatic carbocycles. The first-order valence-corrected chi connectivity index (χ1v) is 7.50. The van der Waals surface area contributed by atoms with E-state index in [-0.39, 0.29) is 11.3 Å². The molecule has 2 aromatic heterocycles. The molecule has 0 unspecified atom stereocenters. The molecule has 0 amide bonds. The standard InChI is InChI=1S/C13H13N3O4S/c1-16(2)21(18,19)20-8-3-4-11-10(7-8)9-5-6-14-13(17)12(9)15-11/h3-7,15H,1-2H3,(H,14,17). The van der Waals surface area contributed by atoms with E-state index in [4.69, 9.17) is 4.18 Å². The number of pyridine rings is 1. The summed E-state index contributed by atoms with van der Waals surface area (Å²) >= 11 is 0. The van der Waals surface area contributed by atoms with Crippen LogP contribution in [0.5, 0.6) is 5.75 Å². The quantitative estimate of drug-likeness (QED) is 0.760. The van der Waals surface area contributed by atoms with Crippen LogP contribution in [0.4, 0.5) is 0 Å². The van der Waals surface area contributed by atoms with Crippen molar-refractivity contribution in [2.75, 3.05) is 14.1 Å². The van der Waals surface area contributed by atoms with Crippen molar-refractivity contribution in [3.8, 4) is 5.75 Å². The lowest BCUT2D eigenvalue weighted by Crippen LogP contribution is -2.26. The van der Waals surface area contributed by atoms with Crippen molar-refractivity contribution in [3.63, 3.8) is 0 Å². The van der Waals surface area contributed by atoms with Crippen molar-refractivity contribution in [1.82, 2.24) is 14.3 Å². The van der Waals surface area contributed by atoms with Gasteiger partial charge in [0.2, 0.25) is 0 Å². The van der Waals surface area contributed by atoms with Gasteiger partial charge in [-0.3, -0.25) is 4.79 Å². The van der Waals surface area contributed by atoms with Crippen molar-refractivity contribution >= 4 is 32.1 Å². The Morgan fingerprint density at radius 2 is 1.90 bits per heavy atom. The summed E-state index contributed by atoms with van der Waals surface area (Å²) in [5.41, 5.74) is 0.948. The van der Waals surface area contributed by atoms with Gasteiger partial charge in [-0.05, 0) is 24.3 Å². The van der Waals surface area contributed by atoms with Gasteiger partial charge in [0.05, 0.1) is 0 Å². The van der Waals surface area contributed by atoms with E-state index in [1.54, 1.807) is 24.4 Å². The monoisotopic (exact) mass is 307 g/mol. The predicted molar refractivity (Wildman–Crippen MR) is 79.7 cm³/mol. The second-order valence-corrected chi connectivity index (χ2v) is 6.50. The summed E-state index contributed by atoms with van der Waals surface area (Å²) in [4.78, 5) is 17.3. The minimum atomic E-state index is -3.81. The van der Waals surface area contributed by atoms with Gasteiger partial charge in [-0.2, -0.15) is 12.7 Å². The number of H-pyrrole nitrogens is 2. The van der Waals surface area contributed by atoms with Crippen LogP contribution in [0.2, 0.25) is 0 Å². The second-order valence-electron chi connectivity index (χ2n) is 4.75. The molecule has 2 heterocycles. The van der Waals surface area contributed by atoms with Crippen LogP contribution >= 0.6 is 0 Å². The molecule has 0 fully saturated rings. The normalized spacial score (nSPS) is 12.3. The summed E-state index contributed by atoms with van der Waals surface area (Å²) in [5.74, 6) is 0.192. The van der Waals surface area contributed by atoms with Crippen LogP contribution in [0.25, 0.3) is 21.8 Å². The molecular formula is C13H13N3O4S. The molecule has 0 aliphatic rings. The van der Waals surface area contributed by atoms with Crippen molar-refractivity contribution in [2.24, 2.45) is 0 Å². The summed E-state index contributed by atoms with van der Waals surface area (Å²) in [6.45, 7) is 0. The maximum atomic E-state index is 11.7. The number of benzene rings is 1. The highest BCUT2D eigenvalue weighted by atomic mass is 32.2. The third-order valence-corrected chi connectivity index (χ3v) is 4.45. The Bertz CT molecular complexity index is 985. The highest BCUT2D eigenvalue weighted by molar-refractivity contribution is 7.84. The van der Waals surface area contributed by atoms with Gasteiger partial charge in [-0.25, -0.2) is 0 Å². The molecular weight excluding hydrogens is 294 g/mol. The molecule has 0 saturated heterocycles. The van der Waals surface area contributed by atoms with Crippen LogP contribution in [0.3, 0.4) is 0 Å². The lowest BCUT2D eigenvalue weighted by molar-refractivity contribution is 0.421. The third-order valence-electron chi connectivity index (χ3n) is 3.15. The molecule has 8 heteroatoms. The Kier molecular flexibility index (Phi) is 2.99. The van der Waals surface area contributed by atoms with Gasteiger partial charge < -0.3 is 14.2 Å². The molecule has 7 nitrogen and oxygen atoms in total. The molecule has 0 aliphatic carbocycles. The van der Waals surface area contributed by atoms with E-state index in [0.717, 1.165) is 15.2 Å². The number of nitrogens with one attached hydrogen (secondary N) is 2. The van der Waals surface area contributed by atoms with Gasteiger partial charge in [0.15, 0.2) is 0 Å². The maximum absolute atomic E-state index is 11.7. The zero-order chi connectivity index (χ0) is 15.2. The van der Waals surface area contributed by atoms with Crippen LogP contribution in [0.1, 0.15) is 0 Å². The minimum Gasteiger partial charge on any atom is -0.371 e. The number of hydrogen-bond donors (Lipinski definition) is 2. The topological polar surface area (TPSA) is 95.3 Å². The van der Waals surface area contributed by atoms with Gasteiger partial charge >= 0.3 is 10.3 Å². The Hall–Kier alpha value is -2.32.